The van der Waals surface area contributed by atoms with Crippen LogP contribution in [0.5, 0.6) is 0 Å². The summed E-state index contributed by atoms with van der Waals surface area (Å²) in [6.07, 6.45) is 4.77. The van der Waals surface area contributed by atoms with Crippen LogP contribution in [-0.2, 0) is 9.59 Å². The molecule has 142 valence electrons. The van der Waals surface area contributed by atoms with E-state index in [-0.39, 0.29) is 11.5 Å². The van der Waals surface area contributed by atoms with Crippen molar-refractivity contribution in [2.24, 2.45) is 0 Å². The molecule has 2 N–H and O–H groups in total. The van der Waals surface area contributed by atoms with Gasteiger partial charge in [-0.25, -0.2) is 4.79 Å². The molecule has 27 heavy (non-hydrogen) atoms. The van der Waals surface area contributed by atoms with Crippen LogP contribution in [0.4, 0.5) is 5.00 Å². The smallest absolute Gasteiger partial charge is 0.332 e. The van der Waals surface area contributed by atoms with Crippen molar-refractivity contribution in [3.8, 4) is 11.5 Å². The molecular weight excluding hydrogens is 366 g/mol. The molecule has 8 heteroatoms. The van der Waals surface area contributed by atoms with Gasteiger partial charge in [0.2, 0.25) is 0 Å². The second-order valence-corrected chi connectivity index (χ2v) is 8.35. The van der Waals surface area contributed by atoms with E-state index in [1.807, 2.05) is 6.92 Å². The van der Waals surface area contributed by atoms with Crippen molar-refractivity contribution in [1.29, 1.82) is 0 Å². The van der Waals surface area contributed by atoms with Crippen LogP contribution in [0.1, 0.15) is 60.7 Å². The predicted molar refractivity (Wildman–Crippen MR) is 101 cm³/mol. The monoisotopic (exact) mass is 387 g/mol. The van der Waals surface area contributed by atoms with Gasteiger partial charge in [0, 0.05) is 16.0 Å². The molecule has 0 saturated heterocycles. The van der Waals surface area contributed by atoms with E-state index in [1.54, 1.807) is 6.92 Å². The molecule has 2 aromatic heterocycles. The lowest BCUT2D eigenvalue weighted by Gasteiger charge is -2.17. The SMILES string of the molecule is Cc1noc(-c2c(NC(=O)C3=C(C(=O)O)CCCC3)sc(C)c2C2CC2)n1. The predicted octanol–water partition coefficient (Wildman–Crippen LogP) is 4.19. The quantitative estimate of drug-likeness (QED) is 0.797. The number of nitrogens with one attached hydrogen (secondary N) is 1. The van der Waals surface area contributed by atoms with Crippen LogP contribution in [0.25, 0.3) is 11.5 Å². The third kappa shape index (κ3) is 3.41. The molecular formula is C19H21N3O4S. The van der Waals surface area contributed by atoms with Crippen LogP contribution in [0, 0.1) is 13.8 Å². The summed E-state index contributed by atoms with van der Waals surface area (Å²) >= 11 is 1.49. The van der Waals surface area contributed by atoms with Crippen molar-refractivity contribution in [2.45, 2.75) is 58.3 Å². The fourth-order valence-electron chi connectivity index (χ4n) is 3.69. The highest BCUT2D eigenvalue weighted by Gasteiger charge is 2.34. The first-order valence-corrected chi connectivity index (χ1v) is 9.98. The Bertz CT molecular complexity index is 952. The Kier molecular flexibility index (Phi) is 4.59. The first kappa shape index (κ1) is 17.9. The van der Waals surface area contributed by atoms with E-state index >= 15 is 0 Å². The summed E-state index contributed by atoms with van der Waals surface area (Å²) in [7, 11) is 0. The maximum Gasteiger partial charge on any atom is 0.332 e. The molecule has 0 unspecified atom stereocenters. The Hall–Kier alpha value is -2.48. The van der Waals surface area contributed by atoms with Crippen molar-refractivity contribution in [1.82, 2.24) is 10.1 Å². The number of carbonyl (C=O) groups excluding carboxylic acids is 1. The minimum atomic E-state index is -1.01. The van der Waals surface area contributed by atoms with E-state index in [9.17, 15) is 14.7 Å². The number of carboxylic acids is 1. The molecule has 2 aliphatic carbocycles. The number of aromatic nitrogens is 2. The van der Waals surface area contributed by atoms with E-state index in [2.05, 4.69) is 15.5 Å². The lowest BCUT2D eigenvalue weighted by molar-refractivity contribution is -0.133. The molecule has 0 bridgehead atoms. The molecule has 1 fully saturated rings. The number of aliphatic carboxylic acids is 1. The van der Waals surface area contributed by atoms with Gasteiger partial charge in [-0.15, -0.1) is 11.3 Å². The fraction of sp³-hybridized carbons (Fsp3) is 0.474. The largest absolute Gasteiger partial charge is 0.478 e. The zero-order valence-corrected chi connectivity index (χ0v) is 16.1. The summed E-state index contributed by atoms with van der Waals surface area (Å²) in [6, 6.07) is 0. The summed E-state index contributed by atoms with van der Waals surface area (Å²) in [5, 5.41) is 16.9. The second kappa shape index (κ2) is 6.92. The van der Waals surface area contributed by atoms with Gasteiger partial charge in [-0.3, -0.25) is 4.79 Å². The molecule has 0 atom stereocenters. The fourth-order valence-corrected chi connectivity index (χ4v) is 4.82. The third-order valence-corrected chi connectivity index (χ3v) is 6.12. The van der Waals surface area contributed by atoms with Gasteiger partial charge in [-0.1, -0.05) is 5.16 Å². The number of hydrogen-bond donors (Lipinski definition) is 2. The van der Waals surface area contributed by atoms with Gasteiger partial charge in [-0.05, 0) is 63.9 Å². The van der Waals surface area contributed by atoms with Crippen molar-refractivity contribution < 1.29 is 19.2 Å². The second-order valence-electron chi connectivity index (χ2n) is 7.12. The lowest BCUT2D eigenvalue weighted by Crippen LogP contribution is -2.21. The minimum Gasteiger partial charge on any atom is -0.478 e. The number of amides is 1. The average molecular weight is 387 g/mol. The molecule has 0 aromatic carbocycles. The molecule has 0 radical (unpaired) electrons. The average Bonchev–Trinajstić information content (AvgIpc) is 3.30. The number of hydrogen-bond acceptors (Lipinski definition) is 6. The van der Waals surface area contributed by atoms with E-state index in [0.29, 0.717) is 41.0 Å². The van der Waals surface area contributed by atoms with E-state index < -0.39 is 5.97 Å². The topological polar surface area (TPSA) is 105 Å². The first-order valence-electron chi connectivity index (χ1n) is 9.16. The number of rotatable bonds is 5. The lowest BCUT2D eigenvalue weighted by atomic mass is 9.91. The van der Waals surface area contributed by atoms with Gasteiger partial charge in [0.15, 0.2) is 5.82 Å². The van der Waals surface area contributed by atoms with Crippen LogP contribution in [-0.4, -0.2) is 27.1 Å². The molecule has 0 aliphatic heterocycles. The first-order chi connectivity index (χ1) is 13.0. The van der Waals surface area contributed by atoms with Gasteiger partial charge >= 0.3 is 5.97 Å². The Morgan fingerprint density at radius 1 is 1.19 bits per heavy atom. The molecule has 1 saturated carbocycles. The summed E-state index contributed by atoms with van der Waals surface area (Å²) < 4.78 is 5.40. The molecule has 1 amide bonds. The van der Waals surface area contributed by atoms with Crippen molar-refractivity contribution in [2.75, 3.05) is 5.32 Å². The standard InChI is InChI=1S/C19H21N3O4S/c1-9-14(11-7-8-11)15(17-20-10(2)22-26-17)18(27-9)21-16(23)12-5-3-4-6-13(12)19(24)25/h11H,3-8H2,1-2H3,(H,21,23)(H,24,25). The van der Waals surface area contributed by atoms with Gasteiger partial charge in [0.25, 0.3) is 11.8 Å². The van der Waals surface area contributed by atoms with Gasteiger partial charge in [0.1, 0.15) is 5.00 Å². The number of anilines is 1. The van der Waals surface area contributed by atoms with Crippen molar-refractivity contribution in [3.63, 3.8) is 0 Å². The molecule has 4 rings (SSSR count). The third-order valence-electron chi connectivity index (χ3n) is 5.09. The summed E-state index contributed by atoms with van der Waals surface area (Å²) in [5.41, 5.74) is 2.56. The van der Waals surface area contributed by atoms with Crippen LogP contribution >= 0.6 is 11.3 Å². The number of thiophene rings is 1. The Balaban J connectivity index is 1.73. The molecule has 2 aliphatic rings. The Morgan fingerprint density at radius 3 is 2.48 bits per heavy atom. The summed E-state index contributed by atoms with van der Waals surface area (Å²) in [4.78, 5) is 29.9. The zero-order chi connectivity index (χ0) is 19.1. The maximum absolute atomic E-state index is 12.9. The number of carbonyl (C=O) groups is 2. The molecule has 7 nitrogen and oxygen atoms in total. The Labute approximate surface area is 160 Å². The maximum atomic E-state index is 12.9. The minimum absolute atomic E-state index is 0.227. The Morgan fingerprint density at radius 2 is 1.89 bits per heavy atom. The van der Waals surface area contributed by atoms with Crippen molar-refractivity contribution in [3.05, 3.63) is 27.4 Å². The highest BCUT2D eigenvalue weighted by atomic mass is 32.1. The van der Waals surface area contributed by atoms with Crippen LogP contribution in [0.15, 0.2) is 15.7 Å². The van der Waals surface area contributed by atoms with E-state index in [4.69, 9.17) is 4.52 Å². The van der Waals surface area contributed by atoms with Crippen LogP contribution < -0.4 is 5.32 Å². The number of aryl methyl sites for hydroxylation is 2. The highest BCUT2D eigenvalue weighted by molar-refractivity contribution is 7.17. The van der Waals surface area contributed by atoms with Gasteiger partial charge < -0.3 is 14.9 Å². The van der Waals surface area contributed by atoms with Gasteiger partial charge in [0.05, 0.1) is 5.56 Å². The normalized spacial score (nSPS) is 17.3. The van der Waals surface area contributed by atoms with Crippen LogP contribution in [0.3, 0.4) is 0 Å². The number of carboxylic acid groups (broad SMARTS) is 1. The van der Waals surface area contributed by atoms with Crippen molar-refractivity contribution >= 4 is 28.2 Å². The zero-order valence-electron chi connectivity index (χ0n) is 15.3. The highest BCUT2D eigenvalue weighted by Crippen LogP contribution is 2.51. The van der Waals surface area contributed by atoms with E-state index in [0.717, 1.165) is 41.7 Å². The summed E-state index contributed by atoms with van der Waals surface area (Å²) in [6.45, 7) is 3.79. The summed E-state index contributed by atoms with van der Waals surface area (Å²) in [5.74, 6) is 0.0561. The van der Waals surface area contributed by atoms with Crippen LogP contribution in [0.2, 0.25) is 0 Å². The molecule has 2 heterocycles. The number of nitrogens with zero attached hydrogens (tertiary/aromatic N) is 2. The molecule has 2 aromatic rings. The van der Waals surface area contributed by atoms with Gasteiger partial charge in [-0.2, -0.15) is 4.98 Å². The molecule has 0 spiro atoms. The van der Waals surface area contributed by atoms with E-state index in [1.165, 1.54) is 11.3 Å².